The Kier molecular flexibility index (Phi) is 5.25. The van der Waals surface area contributed by atoms with Crippen molar-refractivity contribution in [2.24, 2.45) is 0 Å². The average molecular weight is 317 g/mol. The lowest BCUT2D eigenvalue weighted by molar-refractivity contribution is -0.136. The maximum Gasteiger partial charge on any atom is 0.251 e. The summed E-state index contributed by atoms with van der Waals surface area (Å²) in [6, 6.07) is 9.57. The van der Waals surface area contributed by atoms with E-state index in [0.717, 1.165) is 25.1 Å². The van der Waals surface area contributed by atoms with Crippen LogP contribution in [-0.4, -0.2) is 55.6 Å². The van der Waals surface area contributed by atoms with Gasteiger partial charge in [-0.05, 0) is 12.0 Å². The van der Waals surface area contributed by atoms with Gasteiger partial charge in [-0.1, -0.05) is 30.3 Å². The minimum atomic E-state index is -0.468. The molecule has 0 aliphatic carbocycles. The highest BCUT2D eigenvalue weighted by Crippen LogP contribution is 2.19. The highest BCUT2D eigenvalue weighted by molar-refractivity contribution is 5.82. The molecule has 0 saturated carbocycles. The van der Waals surface area contributed by atoms with E-state index in [1.54, 1.807) is 0 Å². The maximum atomic E-state index is 12.5. The van der Waals surface area contributed by atoms with Crippen LogP contribution in [0.5, 0.6) is 0 Å². The number of hydrogen-bond acceptors (Lipinski definition) is 4. The molecule has 2 saturated heterocycles. The number of carbonyl (C=O) groups excluding carboxylic acids is 2. The van der Waals surface area contributed by atoms with Crippen LogP contribution in [0, 0.1) is 0 Å². The summed E-state index contributed by atoms with van der Waals surface area (Å²) >= 11 is 0. The van der Waals surface area contributed by atoms with E-state index in [9.17, 15) is 9.59 Å². The third kappa shape index (κ3) is 4.09. The largest absolute Gasteiger partial charge is 0.366 e. The van der Waals surface area contributed by atoms with Crippen molar-refractivity contribution in [2.45, 2.75) is 25.0 Å². The van der Waals surface area contributed by atoms with E-state index in [1.807, 2.05) is 35.2 Å². The van der Waals surface area contributed by atoms with Gasteiger partial charge in [0.2, 0.25) is 5.91 Å². The van der Waals surface area contributed by atoms with Crippen molar-refractivity contribution in [2.75, 3.05) is 32.8 Å². The fourth-order valence-corrected chi connectivity index (χ4v) is 3.04. The number of hydrogen-bond donors (Lipinski definition) is 2. The van der Waals surface area contributed by atoms with E-state index in [-0.39, 0.29) is 17.9 Å². The van der Waals surface area contributed by atoms with Crippen LogP contribution in [0.4, 0.5) is 0 Å². The van der Waals surface area contributed by atoms with E-state index in [1.165, 1.54) is 0 Å². The lowest BCUT2D eigenvalue weighted by atomic mass is 10.1. The Morgan fingerprint density at radius 1 is 1.39 bits per heavy atom. The van der Waals surface area contributed by atoms with Gasteiger partial charge < -0.3 is 20.3 Å². The van der Waals surface area contributed by atoms with Crippen molar-refractivity contribution in [1.82, 2.24) is 15.5 Å². The summed E-state index contributed by atoms with van der Waals surface area (Å²) in [5.41, 5.74) is 1.00. The molecule has 1 aromatic rings. The fraction of sp³-hybridized carbons (Fsp3) is 0.529. The second-order valence-electron chi connectivity index (χ2n) is 5.98. The highest BCUT2D eigenvalue weighted by Gasteiger charge is 2.28. The molecule has 0 bridgehead atoms. The first-order valence-electron chi connectivity index (χ1n) is 8.19. The topological polar surface area (TPSA) is 70.7 Å². The van der Waals surface area contributed by atoms with Gasteiger partial charge in [-0.25, -0.2) is 0 Å². The Bertz CT molecular complexity index is 543. The molecule has 6 heteroatoms. The molecule has 2 fully saturated rings. The number of rotatable bonds is 5. The molecular weight excluding hydrogens is 294 g/mol. The Balaban J connectivity index is 1.69. The Morgan fingerprint density at radius 3 is 2.87 bits per heavy atom. The first-order chi connectivity index (χ1) is 11.2. The van der Waals surface area contributed by atoms with Crippen molar-refractivity contribution in [3.63, 3.8) is 0 Å². The van der Waals surface area contributed by atoms with E-state index in [2.05, 4.69) is 10.6 Å². The fourth-order valence-electron chi connectivity index (χ4n) is 3.04. The Labute approximate surface area is 136 Å². The summed E-state index contributed by atoms with van der Waals surface area (Å²) in [7, 11) is 0. The van der Waals surface area contributed by atoms with Crippen LogP contribution < -0.4 is 10.6 Å². The summed E-state index contributed by atoms with van der Waals surface area (Å²) in [5, 5.41) is 6.21. The second kappa shape index (κ2) is 7.57. The second-order valence-corrected chi connectivity index (χ2v) is 5.98. The van der Waals surface area contributed by atoms with Crippen molar-refractivity contribution in [3.05, 3.63) is 35.9 Å². The molecule has 2 amide bonds. The van der Waals surface area contributed by atoms with Crippen molar-refractivity contribution in [3.8, 4) is 0 Å². The van der Waals surface area contributed by atoms with E-state index in [4.69, 9.17) is 4.74 Å². The van der Waals surface area contributed by atoms with Crippen LogP contribution >= 0.6 is 0 Å². The molecule has 2 unspecified atom stereocenters. The lowest BCUT2D eigenvalue weighted by Crippen LogP contribution is -2.50. The van der Waals surface area contributed by atoms with Gasteiger partial charge in [0.1, 0.15) is 6.10 Å². The summed E-state index contributed by atoms with van der Waals surface area (Å²) in [6.45, 7) is 3.11. The standard InChI is InChI=1S/C17H23N3O3/c21-16-7-4-9-20(16)12-14(13-5-2-1-3-6-13)19-17(22)15-11-18-8-10-23-15/h1-3,5-6,14-15,18H,4,7-12H2,(H,19,22). The van der Waals surface area contributed by atoms with Gasteiger partial charge in [0, 0.05) is 32.6 Å². The van der Waals surface area contributed by atoms with Crippen LogP contribution in [-0.2, 0) is 14.3 Å². The molecule has 2 aliphatic rings. The van der Waals surface area contributed by atoms with Crippen LogP contribution in [0.15, 0.2) is 30.3 Å². The molecule has 1 aromatic carbocycles. The molecular formula is C17H23N3O3. The molecule has 0 spiro atoms. The van der Waals surface area contributed by atoms with E-state index in [0.29, 0.717) is 26.1 Å². The highest BCUT2D eigenvalue weighted by atomic mass is 16.5. The van der Waals surface area contributed by atoms with Crippen molar-refractivity contribution < 1.29 is 14.3 Å². The molecule has 124 valence electrons. The summed E-state index contributed by atoms with van der Waals surface area (Å²) in [5.74, 6) is 0.0356. The van der Waals surface area contributed by atoms with Crippen molar-refractivity contribution in [1.29, 1.82) is 0 Å². The Morgan fingerprint density at radius 2 is 2.22 bits per heavy atom. The summed E-state index contributed by atoms with van der Waals surface area (Å²) in [6.07, 6.45) is 1.03. The number of nitrogens with zero attached hydrogens (tertiary/aromatic N) is 1. The van der Waals surface area contributed by atoms with Gasteiger partial charge in [-0.2, -0.15) is 0 Å². The van der Waals surface area contributed by atoms with Gasteiger partial charge in [0.25, 0.3) is 5.91 Å². The first kappa shape index (κ1) is 16.0. The predicted octanol–water partition coefficient (Wildman–Crippen LogP) is 0.455. The SMILES string of the molecule is O=C(NC(CN1CCCC1=O)c1ccccc1)C1CNCCO1. The number of morpholine rings is 1. The van der Waals surface area contributed by atoms with E-state index < -0.39 is 6.10 Å². The molecule has 2 N–H and O–H groups in total. The zero-order chi connectivity index (χ0) is 16.1. The summed E-state index contributed by atoms with van der Waals surface area (Å²) < 4.78 is 5.51. The molecule has 0 aromatic heterocycles. The minimum Gasteiger partial charge on any atom is -0.366 e. The maximum absolute atomic E-state index is 12.5. The first-order valence-corrected chi connectivity index (χ1v) is 8.19. The number of ether oxygens (including phenoxy) is 1. The smallest absolute Gasteiger partial charge is 0.251 e. The normalized spacial score (nSPS) is 22.9. The monoisotopic (exact) mass is 317 g/mol. The van der Waals surface area contributed by atoms with Crippen molar-refractivity contribution >= 4 is 11.8 Å². The number of amides is 2. The summed E-state index contributed by atoms with van der Waals surface area (Å²) in [4.78, 5) is 26.2. The van der Waals surface area contributed by atoms with Crippen LogP contribution in [0.25, 0.3) is 0 Å². The third-order valence-corrected chi connectivity index (χ3v) is 4.31. The number of nitrogens with one attached hydrogen (secondary N) is 2. The number of likely N-dealkylation sites (tertiary alicyclic amines) is 1. The zero-order valence-electron chi connectivity index (χ0n) is 13.2. The van der Waals surface area contributed by atoms with Crippen LogP contribution in [0.1, 0.15) is 24.4 Å². The van der Waals surface area contributed by atoms with Gasteiger partial charge in [-0.3, -0.25) is 9.59 Å². The van der Waals surface area contributed by atoms with Gasteiger partial charge in [0.15, 0.2) is 0 Å². The molecule has 3 rings (SSSR count). The third-order valence-electron chi connectivity index (χ3n) is 4.31. The molecule has 23 heavy (non-hydrogen) atoms. The number of benzene rings is 1. The lowest BCUT2D eigenvalue weighted by Gasteiger charge is -2.28. The number of carbonyl (C=O) groups is 2. The zero-order valence-corrected chi connectivity index (χ0v) is 13.2. The molecule has 0 radical (unpaired) electrons. The molecule has 6 nitrogen and oxygen atoms in total. The van der Waals surface area contributed by atoms with Gasteiger partial charge in [0.05, 0.1) is 12.6 Å². The van der Waals surface area contributed by atoms with Gasteiger partial charge in [-0.15, -0.1) is 0 Å². The van der Waals surface area contributed by atoms with Crippen LogP contribution in [0.3, 0.4) is 0 Å². The Hall–Kier alpha value is -1.92. The van der Waals surface area contributed by atoms with Crippen LogP contribution in [0.2, 0.25) is 0 Å². The quantitative estimate of drug-likeness (QED) is 0.827. The van der Waals surface area contributed by atoms with E-state index >= 15 is 0 Å². The molecule has 2 heterocycles. The average Bonchev–Trinajstić information content (AvgIpc) is 3.00. The molecule has 2 aliphatic heterocycles. The van der Waals surface area contributed by atoms with Gasteiger partial charge >= 0.3 is 0 Å². The minimum absolute atomic E-state index is 0.127. The molecule has 2 atom stereocenters. The predicted molar refractivity (Wildman–Crippen MR) is 85.7 cm³/mol.